The van der Waals surface area contributed by atoms with Crippen molar-refractivity contribution in [3.8, 4) is 0 Å². The number of anilines is 1. The SMILES string of the molecule is Cc1cc(C)c(CN)c(N2CCCSCC2)n1. The fourth-order valence-corrected chi connectivity index (χ4v) is 3.20. The van der Waals surface area contributed by atoms with Crippen LogP contribution in [0.3, 0.4) is 0 Å². The Balaban J connectivity index is 2.34. The third kappa shape index (κ3) is 2.93. The van der Waals surface area contributed by atoms with Crippen LogP contribution in [-0.4, -0.2) is 29.6 Å². The van der Waals surface area contributed by atoms with E-state index in [1.807, 2.05) is 11.8 Å². The number of thioether (sulfide) groups is 1. The van der Waals surface area contributed by atoms with Gasteiger partial charge in [0.05, 0.1) is 0 Å². The number of aryl methyl sites for hydroxylation is 2. The molecule has 94 valence electrons. The monoisotopic (exact) mass is 251 g/mol. The molecule has 2 heterocycles. The van der Waals surface area contributed by atoms with E-state index in [9.17, 15) is 0 Å². The van der Waals surface area contributed by atoms with Crippen LogP contribution in [-0.2, 0) is 6.54 Å². The molecule has 0 bridgehead atoms. The van der Waals surface area contributed by atoms with E-state index in [0.29, 0.717) is 6.54 Å². The van der Waals surface area contributed by atoms with Gasteiger partial charge in [0.2, 0.25) is 0 Å². The summed E-state index contributed by atoms with van der Waals surface area (Å²) in [6.07, 6.45) is 1.24. The van der Waals surface area contributed by atoms with Gasteiger partial charge in [-0.2, -0.15) is 11.8 Å². The number of pyridine rings is 1. The first-order chi connectivity index (χ1) is 8.22. The van der Waals surface area contributed by atoms with Crippen molar-refractivity contribution >= 4 is 17.6 Å². The van der Waals surface area contributed by atoms with Crippen molar-refractivity contribution in [1.82, 2.24) is 4.98 Å². The van der Waals surface area contributed by atoms with Crippen LogP contribution in [0, 0.1) is 13.8 Å². The molecule has 4 heteroatoms. The van der Waals surface area contributed by atoms with E-state index in [1.54, 1.807) is 0 Å². The Kier molecular flexibility index (Phi) is 4.29. The van der Waals surface area contributed by atoms with Gasteiger partial charge in [-0.3, -0.25) is 0 Å². The third-order valence-corrected chi connectivity index (χ3v) is 4.23. The Hall–Kier alpha value is -0.740. The molecular formula is C13H21N3S. The highest BCUT2D eigenvalue weighted by atomic mass is 32.2. The number of aromatic nitrogens is 1. The second-order valence-corrected chi connectivity index (χ2v) is 5.76. The molecule has 1 aliphatic rings. The lowest BCUT2D eigenvalue weighted by molar-refractivity contribution is 0.786. The zero-order chi connectivity index (χ0) is 12.3. The van der Waals surface area contributed by atoms with Crippen molar-refractivity contribution in [3.05, 3.63) is 22.9 Å². The molecule has 1 fully saturated rings. The molecule has 0 amide bonds. The van der Waals surface area contributed by atoms with Crippen LogP contribution < -0.4 is 10.6 Å². The largest absolute Gasteiger partial charge is 0.355 e. The molecule has 1 aliphatic heterocycles. The molecule has 0 unspecified atom stereocenters. The maximum atomic E-state index is 5.88. The summed E-state index contributed by atoms with van der Waals surface area (Å²) in [7, 11) is 0. The van der Waals surface area contributed by atoms with E-state index in [0.717, 1.165) is 24.6 Å². The van der Waals surface area contributed by atoms with E-state index in [4.69, 9.17) is 10.7 Å². The summed E-state index contributed by atoms with van der Waals surface area (Å²) in [6, 6.07) is 2.12. The van der Waals surface area contributed by atoms with Crippen molar-refractivity contribution in [2.45, 2.75) is 26.8 Å². The highest BCUT2D eigenvalue weighted by Crippen LogP contribution is 2.24. The maximum absolute atomic E-state index is 5.88. The van der Waals surface area contributed by atoms with Gasteiger partial charge in [0.1, 0.15) is 5.82 Å². The Labute approximate surface area is 108 Å². The smallest absolute Gasteiger partial charge is 0.133 e. The van der Waals surface area contributed by atoms with Crippen molar-refractivity contribution in [3.63, 3.8) is 0 Å². The second-order valence-electron chi connectivity index (χ2n) is 4.54. The number of nitrogens with two attached hydrogens (primary N) is 1. The summed E-state index contributed by atoms with van der Waals surface area (Å²) in [5.41, 5.74) is 9.45. The topological polar surface area (TPSA) is 42.1 Å². The molecule has 17 heavy (non-hydrogen) atoms. The van der Waals surface area contributed by atoms with Gasteiger partial charge >= 0.3 is 0 Å². The van der Waals surface area contributed by atoms with Gasteiger partial charge in [0.25, 0.3) is 0 Å². The van der Waals surface area contributed by atoms with E-state index in [1.165, 1.54) is 29.1 Å². The molecule has 1 saturated heterocycles. The highest BCUT2D eigenvalue weighted by molar-refractivity contribution is 7.99. The molecule has 0 aromatic carbocycles. The summed E-state index contributed by atoms with van der Waals surface area (Å²) in [6.45, 7) is 6.97. The Morgan fingerprint density at radius 2 is 2.18 bits per heavy atom. The van der Waals surface area contributed by atoms with Crippen LogP contribution in [0.15, 0.2) is 6.07 Å². The fraction of sp³-hybridized carbons (Fsp3) is 0.615. The van der Waals surface area contributed by atoms with Gasteiger partial charge in [0, 0.05) is 36.6 Å². The first-order valence-corrected chi connectivity index (χ1v) is 7.37. The predicted molar refractivity (Wildman–Crippen MR) is 75.8 cm³/mol. The van der Waals surface area contributed by atoms with E-state index >= 15 is 0 Å². The van der Waals surface area contributed by atoms with Crippen molar-refractivity contribution in [1.29, 1.82) is 0 Å². The number of hydrogen-bond acceptors (Lipinski definition) is 4. The van der Waals surface area contributed by atoms with Crippen molar-refractivity contribution in [2.75, 3.05) is 29.5 Å². The molecule has 0 aliphatic carbocycles. The lowest BCUT2D eigenvalue weighted by Gasteiger charge is -2.25. The van der Waals surface area contributed by atoms with Crippen molar-refractivity contribution < 1.29 is 0 Å². The molecule has 0 radical (unpaired) electrons. The van der Waals surface area contributed by atoms with E-state index in [2.05, 4.69) is 24.8 Å². The first kappa shape index (κ1) is 12.7. The predicted octanol–water partition coefficient (Wildman–Crippen LogP) is 2.10. The lowest BCUT2D eigenvalue weighted by Crippen LogP contribution is -2.28. The molecule has 2 rings (SSSR count). The number of nitrogens with zero attached hydrogens (tertiary/aromatic N) is 2. The minimum Gasteiger partial charge on any atom is -0.355 e. The molecule has 1 aromatic heterocycles. The van der Waals surface area contributed by atoms with Gasteiger partial charge in [-0.25, -0.2) is 4.98 Å². The summed E-state index contributed by atoms with van der Waals surface area (Å²) in [5, 5.41) is 0. The second kappa shape index (κ2) is 5.74. The van der Waals surface area contributed by atoms with Gasteiger partial charge < -0.3 is 10.6 Å². The summed E-state index contributed by atoms with van der Waals surface area (Å²) in [5.74, 6) is 3.57. The average molecular weight is 251 g/mol. The fourth-order valence-electron chi connectivity index (χ4n) is 2.32. The molecule has 3 nitrogen and oxygen atoms in total. The number of hydrogen-bond donors (Lipinski definition) is 1. The summed E-state index contributed by atoms with van der Waals surface area (Å²) < 4.78 is 0. The van der Waals surface area contributed by atoms with Crippen LogP contribution >= 0.6 is 11.8 Å². The van der Waals surface area contributed by atoms with Crippen LogP contribution in [0.1, 0.15) is 23.2 Å². The first-order valence-electron chi connectivity index (χ1n) is 6.22. The zero-order valence-electron chi connectivity index (χ0n) is 10.7. The third-order valence-electron chi connectivity index (χ3n) is 3.18. The minimum absolute atomic E-state index is 0.581. The normalized spacial score (nSPS) is 17.0. The standard InChI is InChI=1S/C13H21N3S/c1-10-8-11(2)15-13(12(10)9-14)16-4-3-6-17-7-5-16/h8H,3-7,9,14H2,1-2H3. The van der Waals surface area contributed by atoms with Crippen LogP contribution in [0.5, 0.6) is 0 Å². The zero-order valence-corrected chi connectivity index (χ0v) is 11.5. The average Bonchev–Trinajstić information content (AvgIpc) is 2.56. The molecule has 0 saturated carbocycles. The van der Waals surface area contributed by atoms with Gasteiger partial charge in [-0.1, -0.05) is 0 Å². The Bertz CT molecular complexity index is 384. The Morgan fingerprint density at radius 1 is 1.35 bits per heavy atom. The van der Waals surface area contributed by atoms with Crippen LogP contribution in [0.4, 0.5) is 5.82 Å². The summed E-state index contributed by atoms with van der Waals surface area (Å²) >= 11 is 2.04. The van der Waals surface area contributed by atoms with Crippen LogP contribution in [0.2, 0.25) is 0 Å². The lowest BCUT2D eigenvalue weighted by atomic mass is 10.1. The number of rotatable bonds is 2. The molecule has 2 N–H and O–H groups in total. The molecule has 1 aromatic rings. The summed E-state index contributed by atoms with van der Waals surface area (Å²) in [4.78, 5) is 7.11. The minimum atomic E-state index is 0.581. The molecular weight excluding hydrogens is 230 g/mol. The van der Waals surface area contributed by atoms with Gasteiger partial charge in [-0.15, -0.1) is 0 Å². The van der Waals surface area contributed by atoms with E-state index < -0.39 is 0 Å². The molecule has 0 atom stereocenters. The van der Waals surface area contributed by atoms with Crippen molar-refractivity contribution in [2.24, 2.45) is 5.73 Å². The van der Waals surface area contributed by atoms with Gasteiger partial charge in [0.15, 0.2) is 0 Å². The molecule has 0 spiro atoms. The maximum Gasteiger partial charge on any atom is 0.133 e. The van der Waals surface area contributed by atoms with E-state index in [-0.39, 0.29) is 0 Å². The van der Waals surface area contributed by atoms with Gasteiger partial charge in [-0.05, 0) is 37.7 Å². The van der Waals surface area contributed by atoms with Crippen LogP contribution in [0.25, 0.3) is 0 Å². The Morgan fingerprint density at radius 3 is 2.94 bits per heavy atom. The quantitative estimate of drug-likeness (QED) is 0.874. The highest BCUT2D eigenvalue weighted by Gasteiger charge is 2.16.